The lowest BCUT2D eigenvalue weighted by Gasteiger charge is -2.21. The Hall–Kier alpha value is -2.67. The van der Waals surface area contributed by atoms with Gasteiger partial charge >= 0.3 is 0 Å². The number of nitrogens with one attached hydrogen (secondary N) is 1. The fourth-order valence-electron chi connectivity index (χ4n) is 3.48. The second kappa shape index (κ2) is 10.2. The molecule has 1 saturated heterocycles. The molecule has 154 valence electrons. The summed E-state index contributed by atoms with van der Waals surface area (Å²) in [6.07, 6.45) is 4.47. The minimum atomic E-state index is -0.214. The molecule has 1 fully saturated rings. The average Bonchev–Trinajstić information content (AvgIpc) is 3.20. The summed E-state index contributed by atoms with van der Waals surface area (Å²) in [6.45, 7) is 1.96. The van der Waals surface area contributed by atoms with Gasteiger partial charge in [0, 0.05) is 33.1 Å². The third kappa shape index (κ3) is 5.44. The van der Waals surface area contributed by atoms with Crippen molar-refractivity contribution in [2.75, 3.05) is 31.6 Å². The highest BCUT2D eigenvalue weighted by atomic mass is 32.1. The van der Waals surface area contributed by atoms with Gasteiger partial charge in [0.1, 0.15) is 0 Å². The Morgan fingerprint density at radius 2 is 1.97 bits per heavy atom. The van der Waals surface area contributed by atoms with Crippen LogP contribution in [0.3, 0.4) is 0 Å². The number of thiophene rings is 1. The van der Waals surface area contributed by atoms with E-state index < -0.39 is 0 Å². The van der Waals surface area contributed by atoms with Gasteiger partial charge in [-0.15, -0.1) is 11.3 Å². The molecule has 1 aromatic heterocycles. The van der Waals surface area contributed by atoms with Crippen LogP contribution in [0.4, 0.5) is 5.69 Å². The Kier molecular flexibility index (Phi) is 7.41. The molecule has 29 heavy (non-hydrogen) atoms. The first-order valence-corrected chi connectivity index (χ1v) is 10.9. The lowest BCUT2D eigenvalue weighted by atomic mass is 10.1. The summed E-state index contributed by atoms with van der Waals surface area (Å²) in [5.74, 6) is -0.138. The van der Waals surface area contributed by atoms with Gasteiger partial charge in [-0.3, -0.25) is 14.4 Å². The maximum Gasteiger partial charge on any atom is 0.268 e. The van der Waals surface area contributed by atoms with Crippen molar-refractivity contribution in [2.45, 2.75) is 32.1 Å². The minimum Gasteiger partial charge on any atom is -0.352 e. The van der Waals surface area contributed by atoms with Gasteiger partial charge in [-0.05, 0) is 42.8 Å². The van der Waals surface area contributed by atoms with Crippen LogP contribution in [0.1, 0.15) is 52.1 Å². The standard InChI is InChI=1S/C22H27N3O3S/c1-24(22(28)19-11-7-16-29-19)18-10-5-4-9-17(18)21(27)23-13-8-15-25-14-6-2-3-12-20(25)26/h4-5,7,9-11,16H,2-3,6,8,12-15H2,1H3,(H,23,27). The van der Waals surface area contributed by atoms with E-state index in [1.54, 1.807) is 31.3 Å². The van der Waals surface area contributed by atoms with Crippen LogP contribution in [-0.4, -0.2) is 49.3 Å². The van der Waals surface area contributed by atoms with Gasteiger partial charge < -0.3 is 15.1 Å². The number of hydrogen-bond acceptors (Lipinski definition) is 4. The van der Waals surface area contributed by atoms with Crippen LogP contribution in [0.2, 0.25) is 0 Å². The maximum absolute atomic E-state index is 12.7. The van der Waals surface area contributed by atoms with Crippen LogP contribution in [0, 0.1) is 0 Å². The summed E-state index contributed by atoms with van der Waals surface area (Å²) in [5, 5.41) is 4.78. The number of likely N-dealkylation sites (tertiary alicyclic amines) is 1. The highest BCUT2D eigenvalue weighted by molar-refractivity contribution is 7.12. The fourth-order valence-corrected chi connectivity index (χ4v) is 4.17. The van der Waals surface area contributed by atoms with Crippen molar-refractivity contribution in [1.82, 2.24) is 10.2 Å². The molecule has 3 amide bonds. The van der Waals surface area contributed by atoms with Crippen LogP contribution in [0.25, 0.3) is 0 Å². The maximum atomic E-state index is 12.7. The van der Waals surface area contributed by atoms with E-state index in [2.05, 4.69) is 5.32 Å². The molecule has 0 saturated carbocycles. The lowest BCUT2D eigenvalue weighted by Crippen LogP contribution is -2.34. The van der Waals surface area contributed by atoms with Crippen LogP contribution in [0.5, 0.6) is 0 Å². The molecule has 1 aliphatic heterocycles. The Bertz CT molecular complexity index is 851. The van der Waals surface area contributed by atoms with Crippen molar-refractivity contribution in [1.29, 1.82) is 0 Å². The lowest BCUT2D eigenvalue weighted by molar-refractivity contribution is -0.130. The van der Waals surface area contributed by atoms with E-state index in [1.165, 1.54) is 16.2 Å². The van der Waals surface area contributed by atoms with E-state index in [4.69, 9.17) is 0 Å². The first-order chi connectivity index (χ1) is 14.1. The van der Waals surface area contributed by atoms with Crippen LogP contribution in [0.15, 0.2) is 41.8 Å². The van der Waals surface area contributed by atoms with Gasteiger partial charge in [0.05, 0.1) is 16.1 Å². The van der Waals surface area contributed by atoms with Crippen LogP contribution >= 0.6 is 11.3 Å². The van der Waals surface area contributed by atoms with E-state index in [-0.39, 0.29) is 17.7 Å². The first kappa shape index (κ1) is 21.0. The van der Waals surface area contributed by atoms with E-state index in [0.29, 0.717) is 42.1 Å². The number of para-hydroxylation sites is 1. The molecule has 2 aromatic rings. The number of carbonyl (C=O) groups is 3. The van der Waals surface area contributed by atoms with Crippen molar-refractivity contribution >= 4 is 34.7 Å². The Labute approximate surface area is 175 Å². The summed E-state index contributed by atoms with van der Waals surface area (Å²) in [7, 11) is 1.68. The van der Waals surface area contributed by atoms with Crippen molar-refractivity contribution in [3.05, 3.63) is 52.2 Å². The first-order valence-electron chi connectivity index (χ1n) is 10.0. The average molecular weight is 414 g/mol. The molecule has 2 heterocycles. The SMILES string of the molecule is CN(C(=O)c1cccs1)c1ccccc1C(=O)NCCCN1CCCCCC1=O. The third-order valence-corrected chi connectivity index (χ3v) is 5.97. The van der Waals surface area contributed by atoms with Crippen molar-refractivity contribution < 1.29 is 14.4 Å². The van der Waals surface area contributed by atoms with Crippen molar-refractivity contribution in [2.24, 2.45) is 0 Å². The van der Waals surface area contributed by atoms with Crippen LogP contribution < -0.4 is 10.2 Å². The predicted octanol–water partition coefficient (Wildman–Crippen LogP) is 3.55. The normalized spacial score (nSPS) is 14.4. The number of nitrogens with zero attached hydrogens (tertiary/aromatic N) is 2. The number of amides is 3. The smallest absolute Gasteiger partial charge is 0.268 e. The molecule has 0 unspecified atom stereocenters. The summed E-state index contributed by atoms with van der Waals surface area (Å²) in [6, 6.07) is 10.7. The van der Waals surface area contributed by atoms with Crippen LogP contribution in [-0.2, 0) is 4.79 Å². The molecule has 3 rings (SSSR count). The molecule has 1 N–H and O–H groups in total. The quantitative estimate of drug-likeness (QED) is 0.706. The highest BCUT2D eigenvalue weighted by Gasteiger charge is 2.20. The second-order valence-electron chi connectivity index (χ2n) is 7.16. The molecular weight excluding hydrogens is 386 g/mol. The Balaban J connectivity index is 1.57. The molecule has 1 aliphatic rings. The molecule has 6 nitrogen and oxygen atoms in total. The van der Waals surface area contributed by atoms with E-state index >= 15 is 0 Å². The van der Waals surface area contributed by atoms with Crippen molar-refractivity contribution in [3.63, 3.8) is 0 Å². The molecule has 0 aliphatic carbocycles. The molecule has 0 radical (unpaired) electrons. The zero-order valence-electron chi connectivity index (χ0n) is 16.7. The summed E-state index contributed by atoms with van der Waals surface area (Å²) < 4.78 is 0. The predicted molar refractivity (Wildman–Crippen MR) is 115 cm³/mol. The van der Waals surface area contributed by atoms with Gasteiger partial charge in [0.15, 0.2) is 0 Å². The Morgan fingerprint density at radius 1 is 1.14 bits per heavy atom. The number of rotatable bonds is 7. The Morgan fingerprint density at radius 3 is 2.76 bits per heavy atom. The number of carbonyl (C=O) groups excluding carboxylic acids is 3. The monoisotopic (exact) mass is 413 g/mol. The number of benzene rings is 1. The number of hydrogen-bond donors (Lipinski definition) is 1. The highest BCUT2D eigenvalue weighted by Crippen LogP contribution is 2.22. The summed E-state index contributed by atoms with van der Waals surface area (Å²) >= 11 is 1.38. The molecule has 7 heteroatoms. The summed E-state index contributed by atoms with van der Waals surface area (Å²) in [4.78, 5) is 41.5. The molecular formula is C22H27N3O3S. The molecule has 0 bridgehead atoms. The van der Waals surface area contributed by atoms with Gasteiger partial charge in [-0.2, -0.15) is 0 Å². The largest absolute Gasteiger partial charge is 0.352 e. The zero-order chi connectivity index (χ0) is 20.6. The minimum absolute atomic E-state index is 0.139. The van der Waals surface area contributed by atoms with Gasteiger partial charge in [0.2, 0.25) is 5.91 Å². The van der Waals surface area contributed by atoms with E-state index in [9.17, 15) is 14.4 Å². The topological polar surface area (TPSA) is 69.7 Å². The molecule has 0 atom stereocenters. The van der Waals surface area contributed by atoms with Gasteiger partial charge in [-0.25, -0.2) is 0 Å². The number of anilines is 1. The van der Waals surface area contributed by atoms with Crippen molar-refractivity contribution in [3.8, 4) is 0 Å². The van der Waals surface area contributed by atoms with Gasteiger partial charge in [-0.1, -0.05) is 24.6 Å². The zero-order valence-corrected chi connectivity index (χ0v) is 17.5. The molecule has 0 spiro atoms. The van der Waals surface area contributed by atoms with Gasteiger partial charge in [0.25, 0.3) is 11.8 Å². The summed E-state index contributed by atoms with van der Waals surface area (Å²) in [5.41, 5.74) is 1.04. The van der Waals surface area contributed by atoms with E-state index in [1.807, 2.05) is 22.4 Å². The molecule has 1 aromatic carbocycles. The second-order valence-corrected chi connectivity index (χ2v) is 8.11. The fraction of sp³-hybridized carbons (Fsp3) is 0.409. The third-order valence-electron chi connectivity index (χ3n) is 5.11. The van der Waals surface area contributed by atoms with E-state index in [0.717, 1.165) is 25.8 Å².